The summed E-state index contributed by atoms with van der Waals surface area (Å²) in [4.78, 5) is 4.52. The predicted molar refractivity (Wildman–Crippen MR) is 121 cm³/mol. The van der Waals surface area contributed by atoms with Gasteiger partial charge in [-0.25, -0.2) is 4.98 Å². The molecule has 0 atom stereocenters. The summed E-state index contributed by atoms with van der Waals surface area (Å²) in [6.07, 6.45) is 1.89. The lowest BCUT2D eigenvalue weighted by molar-refractivity contribution is 0.308. The highest BCUT2D eigenvalue weighted by molar-refractivity contribution is 7.21. The second-order valence-corrected chi connectivity index (χ2v) is 7.96. The number of rotatable bonds is 7. The topological polar surface area (TPSA) is 108 Å². The van der Waals surface area contributed by atoms with E-state index in [-0.39, 0.29) is 17.2 Å². The number of nitrogens with zero attached hydrogens (tertiary/aromatic N) is 3. The molecule has 0 unspecified atom stereocenters. The van der Waals surface area contributed by atoms with E-state index in [9.17, 15) is 15.3 Å². The smallest absolute Gasteiger partial charge is 0.150 e. The second-order valence-electron chi connectivity index (χ2n) is 6.93. The first-order chi connectivity index (χ1) is 15.0. The number of hydrogen-bond acceptors (Lipinski definition) is 8. The lowest BCUT2D eigenvalue weighted by Gasteiger charge is -2.08. The molecule has 0 aliphatic rings. The van der Waals surface area contributed by atoms with Crippen LogP contribution in [0.3, 0.4) is 0 Å². The predicted octanol–water partition coefficient (Wildman–Crippen LogP) is 6.67. The number of hydrogen-bond donors (Lipinski definition) is 3. The molecule has 0 saturated carbocycles. The van der Waals surface area contributed by atoms with Crippen molar-refractivity contribution in [1.82, 2.24) is 4.98 Å². The highest BCUT2D eigenvalue weighted by atomic mass is 32.1. The zero-order chi connectivity index (χ0) is 21.8. The van der Waals surface area contributed by atoms with Gasteiger partial charge in [-0.15, -0.1) is 16.5 Å². The molecular formula is C23H21N3O4S. The van der Waals surface area contributed by atoms with Crippen LogP contribution in [0.1, 0.15) is 19.8 Å². The van der Waals surface area contributed by atoms with Gasteiger partial charge in [-0.05, 0) is 48.9 Å². The Morgan fingerprint density at radius 2 is 1.74 bits per heavy atom. The Kier molecular flexibility index (Phi) is 5.99. The Hall–Kier alpha value is -3.65. The quantitative estimate of drug-likeness (QED) is 0.222. The third-order valence-electron chi connectivity index (χ3n) is 4.56. The van der Waals surface area contributed by atoms with E-state index in [0.717, 1.165) is 23.1 Å². The van der Waals surface area contributed by atoms with Crippen molar-refractivity contribution in [3.05, 3.63) is 54.6 Å². The fourth-order valence-corrected chi connectivity index (χ4v) is 3.96. The maximum atomic E-state index is 10.5. The van der Waals surface area contributed by atoms with Gasteiger partial charge in [0.05, 0.1) is 28.1 Å². The molecule has 1 heterocycles. The van der Waals surface area contributed by atoms with Gasteiger partial charge in [-0.3, -0.25) is 0 Å². The summed E-state index contributed by atoms with van der Waals surface area (Å²) in [5.41, 5.74) is 2.28. The first kappa shape index (κ1) is 20.6. The average molecular weight is 436 g/mol. The minimum absolute atomic E-state index is 0.0323. The first-order valence-corrected chi connectivity index (χ1v) is 10.7. The SMILES string of the molecule is CCCCOc1cc(O)ccc1N=Nc1ccc(-c2nc3ccc(O)cc3s2)c(O)c1. The molecule has 0 aliphatic heterocycles. The van der Waals surface area contributed by atoms with Crippen molar-refractivity contribution < 1.29 is 20.1 Å². The van der Waals surface area contributed by atoms with E-state index in [0.29, 0.717) is 34.3 Å². The molecule has 3 N–H and O–H groups in total. The van der Waals surface area contributed by atoms with Crippen LogP contribution in [0.5, 0.6) is 23.0 Å². The number of aromatic hydroxyl groups is 3. The van der Waals surface area contributed by atoms with Crippen molar-refractivity contribution in [2.24, 2.45) is 10.2 Å². The Bertz CT molecular complexity index is 1250. The number of unbranched alkanes of at least 4 members (excludes halogenated alkanes) is 1. The minimum Gasteiger partial charge on any atom is -0.508 e. The van der Waals surface area contributed by atoms with Gasteiger partial charge in [0.1, 0.15) is 33.7 Å². The number of benzene rings is 3. The summed E-state index contributed by atoms with van der Waals surface area (Å²) in [5.74, 6) is 0.757. The fourth-order valence-electron chi connectivity index (χ4n) is 2.93. The van der Waals surface area contributed by atoms with Crippen LogP contribution in [0.25, 0.3) is 20.8 Å². The van der Waals surface area contributed by atoms with Gasteiger partial charge in [-0.2, -0.15) is 5.11 Å². The molecule has 0 bridgehead atoms. The van der Waals surface area contributed by atoms with Crippen molar-refractivity contribution in [2.45, 2.75) is 19.8 Å². The van der Waals surface area contributed by atoms with Gasteiger partial charge in [0, 0.05) is 12.1 Å². The standard InChI is InChI=1S/C23H21N3O4S/c1-2-3-10-30-21-12-15(27)5-8-18(21)26-25-14-4-7-17(20(29)11-14)23-24-19-9-6-16(28)13-22(19)31-23/h4-9,11-13,27-29H,2-3,10H2,1H3. The van der Waals surface area contributed by atoms with Crippen LogP contribution < -0.4 is 4.74 Å². The van der Waals surface area contributed by atoms with Gasteiger partial charge in [0.15, 0.2) is 0 Å². The molecular weight excluding hydrogens is 414 g/mol. The number of phenolic OH excluding ortho intramolecular Hbond substituents is 3. The molecule has 1 aromatic heterocycles. The van der Waals surface area contributed by atoms with E-state index in [2.05, 4.69) is 22.1 Å². The lowest BCUT2D eigenvalue weighted by Crippen LogP contribution is -1.96. The van der Waals surface area contributed by atoms with E-state index in [4.69, 9.17) is 4.74 Å². The molecule has 0 amide bonds. The van der Waals surface area contributed by atoms with Crippen LogP contribution >= 0.6 is 11.3 Å². The van der Waals surface area contributed by atoms with Crippen molar-refractivity contribution in [1.29, 1.82) is 0 Å². The van der Waals surface area contributed by atoms with E-state index in [1.807, 2.05) is 0 Å². The van der Waals surface area contributed by atoms with Gasteiger partial charge in [0.2, 0.25) is 0 Å². The third-order valence-corrected chi connectivity index (χ3v) is 5.61. The molecule has 7 nitrogen and oxygen atoms in total. The second kappa shape index (κ2) is 9.01. The van der Waals surface area contributed by atoms with Gasteiger partial charge < -0.3 is 20.1 Å². The third kappa shape index (κ3) is 4.75. The van der Waals surface area contributed by atoms with Crippen LogP contribution in [0, 0.1) is 0 Å². The zero-order valence-corrected chi connectivity index (χ0v) is 17.6. The van der Waals surface area contributed by atoms with Gasteiger partial charge >= 0.3 is 0 Å². The molecule has 0 fully saturated rings. The largest absolute Gasteiger partial charge is 0.508 e. The molecule has 31 heavy (non-hydrogen) atoms. The van der Waals surface area contributed by atoms with Gasteiger partial charge in [-0.1, -0.05) is 13.3 Å². The molecule has 8 heteroatoms. The number of ether oxygens (including phenoxy) is 1. The molecule has 0 spiro atoms. The highest BCUT2D eigenvalue weighted by Gasteiger charge is 2.12. The molecule has 4 aromatic rings. The molecule has 0 aliphatic carbocycles. The van der Waals surface area contributed by atoms with E-state index in [1.165, 1.54) is 29.5 Å². The van der Waals surface area contributed by atoms with Crippen LogP contribution in [0.4, 0.5) is 11.4 Å². The lowest BCUT2D eigenvalue weighted by atomic mass is 10.2. The molecule has 3 aromatic carbocycles. The van der Waals surface area contributed by atoms with Crippen molar-refractivity contribution >= 4 is 32.9 Å². The van der Waals surface area contributed by atoms with Crippen molar-refractivity contribution in [3.8, 4) is 33.6 Å². The molecule has 158 valence electrons. The maximum absolute atomic E-state index is 10.5. The Morgan fingerprint density at radius 3 is 2.55 bits per heavy atom. The summed E-state index contributed by atoms with van der Waals surface area (Å²) in [6.45, 7) is 2.60. The highest BCUT2D eigenvalue weighted by Crippen LogP contribution is 2.39. The Labute approximate surface area is 182 Å². The van der Waals surface area contributed by atoms with Crippen LogP contribution in [0.15, 0.2) is 64.8 Å². The summed E-state index contributed by atoms with van der Waals surface area (Å²) in [6, 6.07) is 14.6. The summed E-state index contributed by atoms with van der Waals surface area (Å²) < 4.78 is 6.53. The fraction of sp³-hybridized carbons (Fsp3) is 0.174. The number of fused-ring (bicyclic) bond motifs is 1. The summed E-state index contributed by atoms with van der Waals surface area (Å²) in [7, 11) is 0. The van der Waals surface area contributed by atoms with E-state index < -0.39 is 0 Å². The average Bonchev–Trinajstić information content (AvgIpc) is 3.16. The van der Waals surface area contributed by atoms with Crippen molar-refractivity contribution in [2.75, 3.05) is 6.61 Å². The monoisotopic (exact) mass is 435 g/mol. The number of thiazole rings is 1. The number of phenols is 3. The van der Waals surface area contributed by atoms with Crippen LogP contribution in [-0.2, 0) is 0 Å². The Morgan fingerprint density at radius 1 is 0.935 bits per heavy atom. The summed E-state index contributed by atoms with van der Waals surface area (Å²) in [5, 5.41) is 38.9. The van der Waals surface area contributed by atoms with Crippen molar-refractivity contribution in [3.63, 3.8) is 0 Å². The molecule has 0 radical (unpaired) electrons. The maximum Gasteiger partial charge on any atom is 0.150 e. The number of azo groups is 1. The minimum atomic E-state index is 0.0323. The van der Waals surface area contributed by atoms with Gasteiger partial charge in [0.25, 0.3) is 0 Å². The van der Waals surface area contributed by atoms with Crippen LogP contribution in [0.2, 0.25) is 0 Å². The normalized spacial score (nSPS) is 11.4. The zero-order valence-electron chi connectivity index (χ0n) is 16.8. The molecule has 0 saturated heterocycles. The van der Waals surface area contributed by atoms with E-state index >= 15 is 0 Å². The summed E-state index contributed by atoms with van der Waals surface area (Å²) >= 11 is 1.38. The number of aromatic nitrogens is 1. The Balaban J connectivity index is 1.58. The molecule has 4 rings (SSSR count). The first-order valence-electron chi connectivity index (χ1n) is 9.84. The van der Waals surface area contributed by atoms with E-state index in [1.54, 1.807) is 36.4 Å². The van der Waals surface area contributed by atoms with Crippen LogP contribution in [-0.4, -0.2) is 26.9 Å².